The van der Waals surface area contributed by atoms with Gasteiger partial charge in [-0.05, 0) is 24.0 Å². The number of halogens is 2. The number of alkyl halides is 2. The van der Waals surface area contributed by atoms with Crippen molar-refractivity contribution in [1.82, 2.24) is 5.32 Å². The molecule has 0 saturated carbocycles. The van der Waals surface area contributed by atoms with E-state index in [2.05, 4.69) is 30.4 Å². The van der Waals surface area contributed by atoms with Gasteiger partial charge in [-0.2, -0.15) is 0 Å². The van der Waals surface area contributed by atoms with E-state index in [1.165, 1.54) is 11.1 Å². The molecular formula is C12H15Cl2N. The summed E-state index contributed by atoms with van der Waals surface area (Å²) in [5.41, 5.74) is 2.29. The zero-order chi connectivity index (χ0) is 10.9. The van der Waals surface area contributed by atoms with Crippen LogP contribution in [-0.2, 0) is 11.3 Å². The van der Waals surface area contributed by atoms with Gasteiger partial charge in [-0.15, -0.1) is 23.2 Å². The van der Waals surface area contributed by atoms with Crippen molar-refractivity contribution in [3.05, 3.63) is 35.4 Å². The van der Waals surface area contributed by atoms with Gasteiger partial charge < -0.3 is 0 Å². The third-order valence-electron chi connectivity index (χ3n) is 3.10. The quantitative estimate of drug-likeness (QED) is 0.590. The number of fused-ring (bicyclic) bond motifs is 1. The molecular weight excluding hydrogens is 229 g/mol. The SMILES string of the molecule is CCC1(Cl)c2ccccc2CCNC1Cl. The Bertz CT molecular complexity index is 353. The Balaban J connectivity index is 2.52. The summed E-state index contributed by atoms with van der Waals surface area (Å²) in [6.07, 6.45) is 1.82. The van der Waals surface area contributed by atoms with Gasteiger partial charge in [0.1, 0.15) is 5.50 Å². The molecule has 0 bridgehead atoms. The molecule has 1 aliphatic rings. The Kier molecular flexibility index (Phi) is 3.24. The molecule has 0 fully saturated rings. The molecule has 82 valence electrons. The van der Waals surface area contributed by atoms with Crippen molar-refractivity contribution in [1.29, 1.82) is 0 Å². The van der Waals surface area contributed by atoms with Crippen LogP contribution in [0.1, 0.15) is 24.5 Å². The van der Waals surface area contributed by atoms with Gasteiger partial charge in [-0.25, -0.2) is 0 Å². The third-order valence-corrected chi connectivity index (χ3v) is 4.43. The number of nitrogens with one attached hydrogen (secondary N) is 1. The molecule has 2 rings (SSSR count). The van der Waals surface area contributed by atoms with Crippen LogP contribution in [0.4, 0.5) is 0 Å². The Labute approximate surface area is 101 Å². The Hall–Kier alpha value is -0.240. The number of benzene rings is 1. The molecule has 2 atom stereocenters. The standard InChI is InChI=1S/C12H15Cl2N/c1-2-12(14)10-6-4-3-5-9(10)7-8-15-11(12)13/h3-6,11,15H,2,7-8H2,1H3. The minimum atomic E-state index is -0.478. The van der Waals surface area contributed by atoms with Crippen LogP contribution in [0.2, 0.25) is 0 Å². The van der Waals surface area contributed by atoms with Crippen molar-refractivity contribution in [2.45, 2.75) is 30.1 Å². The molecule has 1 heterocycles. The average Bonchev–Trinajstić information content (AvgIpc) is 2.39. The first-order valence-electron chi connectivity index (χ1n) is 5.33. The van der Waals surface area contributed by atoms with Crippen LogP contribution >= 0.6 is 23.2 Å². The highest BCUT2D eigenvalue weighted by molar-refractivity contribution is 6.32. The van der Waals surface area contributed by atoms with E-state index in [0.29, 0.717) is 0 Å². The summed E-state index contributed by atoms with van der Waals surface area (Å²) in [6, 6.07) is 8.31. The summed E-state index contributed by atoms with van der Waals surface area (Å²) in [7, 11) is 0. The zero-order valence-corrected chi connectivity index (χ0v) is 10.3. The van der Waals surface area contributed by atoms with Crippen LogP contribution in [0, 0.1) is 0 Å². The smallest absolute Gasteiger partial charge is 0.106 e. The molecule has 0 amide bonds. The van der Waals surface area contributed by atoms with Gasteiger partial charge in [-0.3, -0.25) is 5.32 Å². The Morgan fingerprint density at radius 3 is 2.93 bits per heavy atom. The van der Waals surface area contributed by atoms with E-state index >= 15 is 0 Å². The van der Waals surface area contributed by atoms with Crippen LogP contribution in [0.25, 0.3) is 0 Å². The van der Waals surface area contributed by atoms with Crippen LogP contribution in [0.5, 0.6) is 0 Å². The normalized spacial score (nSPS) is 30.7. The average molecular weight is 244 g/mol. The van der Waals surface area contributed by atoms with E-state index in [0.717, 1.165) is 19.4 Å². The van der Waals surface area contributed by atoms with E-state index in [9.17, 15) is 0 Å². The lowest BCUT2D eigenvalue weighted by Crippen LogP contribution is -2.39. The molecule has 0 aromatic heterocycles. The number of hydrogen-bond acceptors (Lipinski definition) is 1. The molecule has 15 heavy (non-hydrogen) atoms. The minimum Gasteiger partial charge on any atom is -0.299 e. The zero-order valence-electron chi connectivity index (χ0n) is 8.76. The first-order valence-corrected chi connectivity index (χ1v) is 6.14. The molecule has 1 N–H and O–H groups in total. The molecule has 1 aromatic carbocycles. The maximum Gasteiger partial charge on any atom is 0.106 e. The minimum absolute atomic E-state index is 0.201. The van der Waals surface area contributed by atoms with E-state index in [4.69, 9.17) is 23.2 Å². The number of hydrogen-bond donors (Lipinski definition) is 1. The van der Waals surface area contributed by atoms with Crippen molar-refractivity contribution in [3.63, 3.8) is 0 Å². The lowest BCUT2D eigenvalue weighted by Gasteiger charge is -2.30. The van der Waals surface area contributed by atoms with Gasteiger partial charge in [0.05, 0.1) is 4.87 Å². The van der Waals surface area contributed by atoms with E-state index in [1.807, 2.05) is 6.07 Å². The van der Waals surface area contributed by atoms with Crippen LogP contribution in [0.15, 0.2) is 24.3 Å². The van der Waals surface area contributed by atoms with Crippen molar-refractivity contribution in [2.75, 3.05) is 6.54 Å². The second-order valence-corrected chi connectivity index (χ2v) is 5.05. The summed E-state index contributed by atoms with van der Waals surface area (Å²) in [6.45, 7) is 2.96. The first kappa shape index (κ1) is 11.3. The highest BCUT2D eigenvalue weighted by atomic mass is 35.5. The van der Waals surface area contributed by atoms with Crippen LogP contribution in [-0.4, -0.2) is 12.0 Å². The van der Waals surface area contributed by atoms with Gasteiger partial charge >= 0.3 is 0 Å². The summed E-state index contributed by atoms with van der Waals surface area (Å²) in [4.78, 5) is -0.478. The topological polar surface area (TPSA) is 12.0 Å². The summed E-state index contributed by atoms with van der Waals surface area (Å²) in [5, 5.41) is 3.27. The predicted molar refractivity (Wildman–Crippen MR) is 65.6 cm³/mol. The molecule has 0 radical (unpaired) electrons. The van der Waals surface area contributed by atoms with Gasteiger partial charge in [0.2, 0.25) is 0 Å². The third kappa shape index (κ3) is 1.89. The lowest BCUT2D eigenvalue weighted by molar-refractivity contribution is 0.495. The van der Waals surface area contributed by atoms with E-state index in [1.54, 1.807) is 0 Å². The molecule has 0 aliphatic carbocycles. The fourth-order valence-corrected chi connectivity index (χ4v) is 2.79. The molecule has 1 aliphatic heterocycles. The maximum atomic E-state index is 6.65. The van der Waals surface area contributed by atoms with Gasteiger partial charge in [0.15, 0.2) is 0 Å². The predicted octanol–water partition coefficient (Wildman–Crippen LogP) is 3.24. The monoisotopic (exact) mass is 243 g/mol. The highest BCUT2D eigenvalue weighted by Gasteiger charge is 2.38. The second kappa shape index (κ2) is 4.32. The summed E-state index contributed by atoms with van der Waals surface area (Å²) in [5.74, 6) is 0. The summed E-state index contributed by atoms with van der Waals surface area (Å²) < 4.78 is 0. The van der Waals surface area contributed by atoms with Crippen molar-refractivity contribution >= 4 is 23.2 Å². The fraction of sp³-hybridized carbons (Fsp3) is 0.500. The Morgan fingerprint density at radius 2 is 2.20 bits per heavy atom. The van der Waals surface area contributed by atoms with Crippen molar-refractivity contribution < 1.29 is 0 Å². The van der Waals surface area contributed by atoms with Crippen molar-refractivity contribution in [2.24, 2.45) is 0 Å². The van der Waals surface area contributed by atoms with Crippen LogP contribution < -0.4 is 5.32 Å². The van der Waals surface area contributed by atoms with Crippen LogP contribution in [0.3, 0.4) is 0 Å². The van der Waals surface area contributed by atoms with Gasteiger partial charge in [-0.1, -0.05) is 31.2 Å². The molecule has 3 heteroatoms. The first-order chi connectivity index (χ1) is 7.18. The maximum absolute atomic E-state index is 6.65. The summed E-state index contributed by atoms with van der Waals surface area (Å²) >= 11 is 13.0. The molecule has 1 aromatic rings. The Morgan fingerprint density at radius 1 is 1.47 bits per heavy atom. The highest BCUT2D eigenvalue weighted by Crippen LogP contribution is 2.41. The fourth-order valence-electron chi connectivity index (χ4n) is 2.15. The van der Waals surface area contributed by atoms with E-state index in [-0.39, 0.29) is 5.50 Å². The largest absolute Gasteiger partial charge is 0.299 e. The molecule has 0 spiro atoms. The van der Waals surface area contributed by atoms with Gasteiger partial charge in [0, 0.05) is 6.54 Å². The molecule has 1 nitrogen and oxygen atoms in total. The number of rotatable bonds is 1. The van der Waals surface area contributed by atoms with E-state index < -0.39 is 4.87 Å². The van der Waals surface area contributed by atoms with Gasteiger partial charge in [0.25, 0.3) is 0 Å². The second-order valence-electron chi connectivity index (χ2n) is 3.94. The van der Waals surface area contributed by atoms with Crippen molar-refractivity contribution in [3.8, 4) is 0 Å². The molecule has 0 saturated heterocycles. The molecule has 2 unspecified atom stereocenters. The lowest BCUT2D eigenvalue weighted by atomic mass is 9.91.